The number of likely N-dealkylation sites (N-methyl/N-ethyl adjacent to an activating group) is 1. The lowest BCUT2D eigenvalue weighted by Crippen LogP contribution is -2.31. The molecule has 5 nitrogen and oxygen atoms in total. The Kier molecular flexibility index (Phi) is 6.19. The molecule has 25 heavy (non-hydrogen) atoms. The fraction of sp³-hybridized carbons (Fsp3) is 0.250. The van der Waals surface area contributed by atoms with Gasteiger partial charge in [-0.05, 0) is 49.5 Å². The predicted molar refractivity (Wildman–Crippen MR) is 107 cm³/mol. The summed E-state index contributed by atoms with van der Waals surface area (Å²) in [5, 5.41) is 6.08. The van der Waals surface area contributed by atoms with Crippen LogP contribution < -0.4 is 16.4 Å². The monoisotopic (exact) mass is 338 g/mol. The highest BCUT2D eigenvalue weighted by molar-refractivity contribution is 5.95. The molecule has 0 aliphatic rings. The summed E-state index contributed by atoms with van der Waals surface area (Å²) in [6.07, 6.45) is 1.74. The van der Waals surface area contributed by atoms with Gasteiger partial charge in [0, 0.05) is 42.6 Å². The van der Waals surface area contributed by atoms with E-state index in [0.717, 1.165) is 28.9 Å². The van der Waals surface area contributed by atoms with Crippen molar-refractivity contribution in [2.45, 2.75) is 0 Å². The zero-order valence-corrected chi connectivity index (χ0v) is 15.1. The van der Waals surface area contributed by atoms with Crippen molar-refractivity contribution in [3.05, 3.63) is 54.1 Å². The molecule has 0 radical (unpaired) electrons. The van der Waals surface area contributed by atoms with Crippen LogP contribution in [0.25, 0.3) is 17.2 Å². The summed E-state index contributed by atoms with van der Waals surface area (Å²) in [4.78, 5) is 14.2. The van der Waals surface area contributed by atoms with E-state index in [-0.39, 0.29) is 5.91 Å². The van der Waals surface area contributed by atoms with E-state index in [4.69, 9.17) is 5.73 Å². The number of carbonyl (C=O) groups excluding carboxylic acids is 1. The van der Waals surface area contributed by atoms with Crippen LogP contribution in [0.1, 0.15) is 15.9 Å². The number of carbonyl (C=O) groups is 1. The van der Waals surface area contributed by atoms with Crippen LogP contribution in [-0.2, 0) is 0 Å². The minimum Gasteiger partial charge on any atom is -0.398 e. The molecule has 132 valence electrons. The van der Waals surface area contributed by atoms with Gasteiger partial charge in [0.05, 0.1) is 0 Å². The molecule has 2 aromatic rings. The Morgan fingerprint density at radius 2 is 1.92 bits per heavy atom. The van der Waals surface area contributed by atoms with Crippen LogP contribution in [0, 0.1) is 0 Å². The van der Waals surface area contributed by atoms with E-state index >= 15 is 0 Å². The van der Waals surface area contributed by atoms with Crippen LogP contribution in [0.15, 0.2) is 43.0 Å². The second kappa shape index (κ2) is 8.35. The quantitative estimate of drug-likeness (QED) is 0.679. The van der Waals surface area contributed by atoms with Gasteiger partial charge in [-0.2, -0.15) is 0 Å². The van der Waals surface area contributed by atoms with Crippen molar-refractivity contribution in [1.82, 2.24) is 10.2 Å². The van der Waals surface area contributed by atoms with Gasteiger partial charge < -0.3 is 21.3 Å². The first-order valence-corrected chi connectivity index (χ1v) is 8.23. The van der Waals surface area contributed by atoms with Crippen LogP contribution in [0.4, 0.5) is 11.4 Å². The molecular formula is C20H26N4O. The number of amides is 1. The van der Waals surface area contributed by atoms with Gasteiger partial charge in [0.25, 0.3) is 5.91 Å². The molecule has 5 heteroatoms. The number of anilines is 2. The number of nitrogen functional groups attached to an aromatic ring is 1. The molecule has 0 bridgehead atoms. The predicted octanol–water partition coefficient (Wildman–Crippen LogP) is 2.91. The van der Waals surface area contributed by atoms with Crippen LogP contribution in [0.2, 0.25) is 0 Å². The van der Waals surface area contributed by atoms with Gasteiger partial charge in [0.15, 0.2) is 0 Å². The summed E-state index contributed by atoms with van der Waals surface area (Å²) in [5.74, 6) is -0.0636. The number of nitrogens with zero attached hydrogens (tertiary/aromatic N) is 1. The molecule has 0 saturated carbocycles. The van der Waals surface area contributed by atoms with Gasteiger partial charge in [-0.25, -0.2) is 0 Å². The van der Waals surface area contributed by atoms with E-state index in [9.17, 15) is 4.79 Å². The van der Waals surface area contributed by atoms with E-state index in [1.54, 1.807) is 6.08 Å². The highest BCUT2D eigenvalue weighted by Gasteiger charge is 2.10. The second-order valence-corrected chi connectivity index (χ2v) is 6.12. The Bertz CT molecular complexity index is 751. The molecule has 0 aliphatic carbocycles. The number of rotatable bonds is 7. The molecular weight excluding hydrogens is 312 g/mol. The normalized spacial score (nSPS) is 10.6. The van der Waals surface area contributed by atoms with E-state index < -0.39 is 0 Å². The zero-order valence-electron chi connectivity index (χ0n) is 15.1. The Balaban J connectivity index is 2.22. The molecule has 0 aliphatic heterocycles. The number of hydrogen-bond donors (Lipinski definition) is 3. The van der Waals surface area contributed by atoms with E-state index in [1.165, 1.54) is 0 Å². The van der Waals surface area contributed by atoms with Gasteiger partial charge in [-0.1, -0.05) is 24.8 Å². The van der Waals surface area contributed by atoms with Gasteiger partial charge in [0.2, 0.25) is 0 Å². The van der Waals surface area contributed by atoms with Crippen molar-refractivity contribution in [1.29, 1.82) is 0 Å². The molecule has 2 aromatic carbocycles. The van der Waals surface area contributed by atoms with Gasteiger partial charge >= 0.3 is 0 Å². The number of nitrogens with two attached hydrogens (primary N) is 1. The Morgan fingerprint density at radius 3 is 2.48 bits per heavy atom. The first-order valence-electron chi connectivity index (χ1n) is 8.23. The number of nitrogens with one attached hydrogen (secondary N) is 2. The molecule has 0 spiro atoms. The molecule has 1 amide bonds. The van der Waals surface area contributed by atoms with Crippen molar-refractivity contribution in [2.24, 2.45) is 0 Å². The summed E-state index contributed by atoms with van der Waals surface area (Å²) in [7, 11) is 5.81. The number of hydrogen-bond acceptors (Lipinski definition) is 4. The molecule has 0 unspecified atom stereocenters. The summed E-state index contributed by atoms with van der Waals surface area (Å²) in [5.41, 5.74) is 11.2. The lowest BCUT2D eigenvalue weighted by atomic mass is 9.98. The lowest BCUT2D eigenvalue weighted by Gasteiger charge is -2.14. The van der Waals surface area contributed by atoms with E-state index in [1.807, 2.05) is 62.4 Å². The Morgan fingerprint density at radius 1 is 1.24 bits per heavy atom. The van der Waals surface area contributed by atoms with E-state index in [2.05, 4.69) is 17.2 Å². The van der Waals surface area contributed by atoms with Crippen LogP contribution in [0.3, 0.4) is 0 Å². The van der Waals surface area contributed by atoms with Crippen molar-refractivity contribution in [2.75, 3.05) is 45.3 Å². The van der Waals surface area contributed by atoms with Gasteiger partial charge in [-0.3, -0.25) is 4.79 Å². The SMILES string of the molecule is C=Cc1cc(-c2ccc(C(=O)NCCN(C)C)cc2)c(NC)cc1N. The van der Waals surface area contributed by atoms with Gasteiger partial charge in [0.1, 0.15) is 0 Å². The first-order chi connectivity index (χ1) is 12.0. The molecule has 4 N–H and O–H groups in total. The lowest BCUT2D eigenvalue weighted by molar-refractivity contribution is 0.0951. The fourth-order valence-electron chi connectivity index (χ4n) is 2.55. The summed E-state index contributed by atoms with van der Waals surface area (Å²) in [6.45, 7) is 5.24. The third-order valence-corrected chi connectivity index (χ3v) is 4.02. The van der Waals surface area contributed by atoms with Crippen LogP contribution >= 0.6 is 0 Å². The van der Waals surface area contributed by atoms with Crippen molar-refractivity contribution >= 4 is 23.4 Å². The van der Waals surface area contributed by atoms with Crippen LogP contribution in [-0.4, -0.2) is 45.0 Å². The molecule has 0 aromatic heterocycles. The largest absolute Gasteiger partial charge is 0.398 e. The molecule has 0 atom stereocenters. The third kappa shape index (κ3) is 4.61. The first kappa shape index (κ1) is 18.5. The maximum atomic E-state index is 12.2. The highest BCUT2D eigenvalue weighted by Crippen LogP contribution is 2.32. The topological polar surface area (TPSA) is 70.4 Å². The van der Waals surface area contributed by atoms with Crippen molar-refractivity contribution in [3.8, 4) is 11.1 Å². The van der Waals surface area contributed by atoms with Gasteiger partial charge in [-0.15, -0.1) is 0 Å². The summed E-state index contributed by atoms with van der Waals surface area (Å²) < 4.78 is 0. The smallest absolute Gasteiger partial charge is 0.251 e. The minimum atomic E-state index is -0.0636. The standard InChI is InChI=1S/C20H26N4O/c1-5-14-12-17(19(22-2)13-18(14)21)15-6-8-16(9-7-15)20(25)23-10-11-24(3)4/h5-9,12-13,22H,1,10-11,21H2,2-4H3,(H,23,25). The molecule has 2 rings (SSSR count). The van der Waals surface area contributed by atoms with Crippen molar-refractivity contribution < 1.29 is 4.79 Å². The zero-order chi connectivity index (χ0) is 18.4. The second-order valence-electron chi connectivity index (χ2n) is 6.12. The summed E-state index contributed by atoms with van der Waals surface area (Å²) >= 11 is 0. The highest BCUT2D eigenvalue weighted by atomic mass is 16.1. The Hall–Kier alpha value is -2.79. The molecule has 0 heterocycles. The maximum absolute atomic E-state index is 12.2. The summed E-state index contributed by atoms with van der Waals surface area (Å²) in [6, 6.07) is 11.5. The van der Waals surface area contributed by atoms with Crippen molar-refractivity contribution in [3.63, 3.8) is 0 Å². The van der Waals surface area contributed by atoms with Crippen LogP contribution in [0.5, 0.6) is 0 Å². The third-order valence-electron chi connectivity index (χ3n) is 4.02. The number of benzene rings is 2. The average molecular weight is 338 g/mol. The van der Waals surface area contributed by atoms with E-state index in [0.29, 0.717) is 17.8 Å². The fourth-order valence-corrected chi connectivity index (χ4v) is 2.55. The minimum absolute atomic E-state index is 0.0636. The Labute approximate surface area is 149 Å². The maximum Gasteiger partial charge on any atom is 0.251 e. The average Bonchev–Trinajstić information content (AvgIpc) is 2.61. The molecule has 0 fully saturated rings. The molecule has 0 saturated heterocycles.